The Morgan fingerprint density at radius 1 is 0.964 bits per heavy atom. The fourth-order valence-corrected chi connectivity index (χ4v) is 8.38. The molecule has 0 aromatic heterocycles. The van der Waals surface area contributed by atoms with Crippen molar-refractivity contribution in [3.05, 3.63) is 11.6 Å². The molecule has 5 heteroatoms. The van der Waals surface area contributed by atoms with Gasteiger partial charge in [-0.3, -0.25) is 0 Å². The molecule has 0 spiro atoms. The van der Waals surface area contributed by atoms with Gasteiger partial charge in [-0.1, -0.05) is 13.8 Å². The average molecular weight is 391 g/mol. The van der Waals surface area contributed by atoms with Crippen LogP contribution in [0.25, 0.3) is 0 Å². The number of rotatable bonds is 1. The first-order chi connectivity index (χ1) is 13.1. The van der Waals surface area contributed by atoms with E-state index in [-0.39, 0.29) is 34.6 Å². The number of aliphatic hydroxyl groups is 3. The number of esters is 1. The number of carbonyl (C=O) groups is 1. The van der Waals surface area contributed by atoms with Crippen molar-refractivity contribution in [1.82, 2.24) is 0 Å². The van der Waals surface area contributed by atoms with Crippen molar-refractivity contribution in [3.63, 3.8) is 0 Å². The third-order valence-corrected chi connectivity index (χ3v) is 10.1. The molecule has 5 nitrogen and oxygen atoms in total. The summed E-state index contributed by atoms with van der Waals surface area (Å²) in [6.07, 6.45) is 8.33. The predicted molar refractivity (Wildman–Crippen MR) is 103 cm³/mol. The molecule has 5 rings (SSSR count). The third-order valence-electron chi connectivity index (χ3n) is 10.1. The van der Waals surface area contributed by atoms with Gasteiger partial charge in [-0.05, 0) is 80.1 Å². The zero-order chi connectivity index (χ0) is 19.9. The molecule has 0 saturated heterocycles. The fraction of sp³-hybridized carbons (Fsp3) is 0.870. The second-order valence-electron chi connectivity index (χ2n) is 10.9. The number of ether oxygens (including phenoxy) is 1. The Morgan fingerprint density at radius 2 is 1.68 bits per heavy atom. The quantitative estimate of drug-likeness (QED) is 0.599. The van der Waals surface area contributed by atoms with Gasteiger partial charge in [-0.25, -0.2) is 4.79 Å². The monoisotopic (exact) mass is 390 g/mol. The molecule has 8 atom stereocenters. The molecular weight excluding hydrogens is 356 g/mol. The number of carbonyl (C=O) groups excluding carboxylic acids is 1. The average Bonchev–Trinajstić information content (AvgIpc) is 3.17. The van der Waals surface area contributed by atoms with E-state index in [9.17, 15) is 20.1 Å². The Kier molecular flexibility index (Phi) is 3.97. The number of hydrogen-bond donors (Lipinski definition) is 3. The highest BCUT2D eigenvalue weighted by Crippen LogP contribution is 2.70. The number of hydrogen-bond acceptors (Lipinski definition) is 5. The van der Waals surface area contributed by atoms with Gasteiger partial charge in [0.15, 0.2) is 0 Å². The smallest absolute Gasteiger partial charge is 0.331 e. The molecule has 0 radical (unpaired) electrons. The molecule has 156 valence electrons. The second-order valence-corrected chi connectivity index (χ2v) is 10.9. The van der Waals surface area contributed by atoms with E-state index < -0.39 is 17.3 Å². The van der Waals surface area contributed by atoms with Gasteiger partial charge >= 0.3 is 5.97 Å². The summed E-state index contributed by atoms with van der Waals surface area (Å²) in [7, 11) is 0. The van der Waals surface area contributed by atoms with Crippen molar-refractivity contribution in [2.45, 2.75) is 88.9 Å². The minimum atomic E-state index is -0.817. The van der Waals surface area contributed by atoms with E-state index in [2.05, 4.69) is 13.8 Å². The molecule has 28 heavy (non-hydrogen) atoms. The van der Waals surface area contributed by atoms with Crippen LogP contribution < -0.4 is 0 Å². The maximum Gasteiger partial charge on any atom is 0.331 e. The molecule has 3 N–H and O–H groups in total. The first-order valence-corrected chi connectivity index (χ1v) is 11.1. The van der Waals surface area contributed by atoms with Crippen molar-refractivity contribution in [2.75, 3.05) is 6.61 Å². The molecule has 0 bridgehead atoms. The van der Waals surface area contributed by atoms with Crippen molar-refractivity contribution < 1.29 is 24.9 Å². The van der Waals surface area contributed by atoms with Crippen LogP contribution in [0.5, 0.6) is 0 Å². The summed E-state index contributed by atoms with van der Waals surface area (Å²) < 4.78 is 5.18. The summed E-state index contributed by atoms with van der Waals surface area (Å²) in [5.74, 6) is 0.409. The third kappa shape index (κ3) is 2.21. The van der Waals surface area contributed by atoms with E-state index in [0.717, 1.165) is 50.5 Å². The lowest BCUT2D eigenvalue weighted by Gasteiger charge is -2.66. The Hall–Kier alpha value is -0.910. The highest BCUT2D eigenvalue weighted by Gasteiger charge is 2.70. The van der Waals surface area contributed by atoms with Crippen LogP contribution in [-0.2, 0) is 9.53 Å². The zero-order valence-electron chi connectivity index (χ0n) is 17.1. The molecular formula is C23H34O5. The van der Waals surface area contributed by atoms with Crippen LogP contribution in [0.1, 0.15) is 71.6 Å². The van der Waals surface area contributed by atoms with Crippen LogP contribution in [0, 0.1) is 28.6 Å². The predicted octanol–water partition coefficient (Wildman–Crippen LogP) is 2.72. The largest absolute Gasteiger partial charge is 0.458 e. The minimum absolute atomic E-state index is 0.176. The molecule has 4 fully saturated rings. The maximum absolute atomic E-state index is 12.1. The molecule has 5 aliphatic rings. The van der Waals surface area contributed by atoms with Gasteiger partial charge in [0, 0.05) is 17.9 Å². The van der Waals surface area contributed by atoms with Crippen molar-refractivity contribution >= 4 is 5.97 Å². The topological polar surface area (TPSA) is 87.0 Å². The first-order valence-electron chi connectivity index (χ1n) is 11.1. The van der Waals surface area contributed by atoms with Gasteiger partial charge in [0.2, 0.25) is 0 Å². The molecule has 0 amide bonds. The van der Waals surface area contributed by atoms with E-state index in [4.69, 9.17) is 4.74 Å². The van der Waals surface area contributed by atoms with E-state index in [1.165, 1.54) is 0 Å². The van der Waals surface area contributed by atoms with E-state index in [1.54, 1.807) is 6.08 Å². The van der Waals surface area contributed by atoms with E-state index in [1.807, 2.05) is 0 Å². The summed E-state index contributed by atoms with van der Waals surface area (Å²) >= 11 is 0. The van der Waals surface area contributed by atoms with Crippen molar-refractivity contribution in [3.8, 4) is 0 Å². The van der Waals surface area contributed by atoms with Crippen LogP contribution in [0.3, 0.4) is 0 Å². The van der Waals surface area contributed by atoms with Gasteiger partial charge in [0.25, 0.3) is 0 Å². The highest BCUT2D eigenvalue weighted by atomic mass is 16.5. The minimum Gasteiger partial charge on any atom is -0.458 e. The SMILES string of the molecule is C[C@]12CC[C@H]3[C@@H](CC[C@]4(O)C[C@@H](O)CC[C@]34C)C1(O)CC[C@@H]2C1=CC(=O)OC1. The number of aliphatic hydroxyl groups excluding tert-OH is 1. The lowest BCUT2D eigenvalue weighted by molar-refractivity contribution is -0.254. The van der Waals surface area contributed by atoms with Crippen LogP contribution >= 0.6 is 0 Å². The Balaban J connectivity index is 1.49. The van der Waals surface area contributed by atoms with Gasteiger partial charge in [0.05, 0.1) is 17.3 Å². The Morgan fingerprint density at radius 3 is 2.39 bits per heavy atom. The Bertz CT molecular complexity index is 733. The maximum atomic E-state index is 12.1. The molecule has 1 unspecified atom stereocenters. The number of cyclic esters (lactones) is 1. The van der Waals surface area contributed by atoms with Crippen LogP contribution in [0.4, 0.5) is 0 Å². The molecule has 0 aromatic rings. The first kappa shape index (κ1) is 19.1. The van der Waals surface area contributed by atoms with Gasteiger partial charge < -0.3 is 20.1 Å². The molecule has 1 aliphatic heterocycles. The highest BCUT2D eigenvalue weighted by molar-refractivity contribution is 5.85. The summed E-state index contributed by atoms with van der Waals surface area (Å²) in [5.41, 5.74) is -0.999. The standard InChI is InChI=1S/C23H34O5/c1-20-7-3-15(24)12-22(20,26)9-5-18-17(20)4-8-21(2)16(6-10-23(18,21)27)14-11-19(25)28-13-14/h11,15-18,24,26-27H,3-10,12-13H2,1-2H3/t15-,16+,17-,18+,20+,21+,22-,23?/m0/s1. The molecule has 4 saturated carbocycles. The normalized spacial score (nSPS) is 55.8. The van der Waals surface area contributed by atoms with Crippen LogP contribution in [0.15, 0.2) is 11.6 Å². The molecule has 0 aromatic carbocycles. The Labute approximate surface area is 167 Å². The molecule has 1 heterocycles. The van der Waals surface area contributed by atoms with Gasteiger partial charge in [-0.15, -0.1) is 0 Å². The summed E-state index contributed by atoms with van der Waals surface area (Å²) in [6, 6.07) is 0. The molecule has 4 aliphatic carbocycles. The van der Waals surface area contributed by atoms with Gasteiger partial charge in [-0.2, -0.15) is 0 Å². The van der Waals surface area contributed by atoms with E-state index >= 15 is 0 Å². The fourth-order valence-electron chi connectivity index (χ4n) is 8.38. The number of fused-ring (bicyclic) bond motifs is 5. The van der Waals surface area contributed by atoms with Gasteiger partial charge in [0.1, 0.15) is 6.61 Å². The second kappa shape index (κ2) is 5.83. The van der Waals surface area contributed by atoms with Crippen molar-refractivity contribution in [1.29, 1.82) is 0 Å². The summed E-state index contributed by atoms with van der Waals surface area (Å²) in [4.78, 5) is 11.6. The lowest BCUT2D eigenvalue weighted by atomic mass is 9.42. The van der Waals surface area contributed by atoms with Crippen LogP contribution in [0.2, 0.25) is 0 Å². The summed E-state index contributed by atoms with van der Waals surface area (Å²) in [6.45, 7) is 4.80. The summed E-state index contributed by atoms with van der Waals surface area (Å²) in [5, 5.41) is 33.8. The van der Waals surface area contributed by atoms with E-state index in [0.29, 0.717) is 19.4 Å². The van der Waals surface area contributed by atoms with Crippen molar-refractivity contribution in [2.24, 2.45) is 28.6 Å². The lowest BCUT2D eigenvalue weighted by Crippen LogP contribution is -2.67. The van der Waals surface area contributed by atoms with Crippen LogP contribution in [-0.4, -0.2) is 45.2 Å². The zero-order valence-corrected chi connectivity index (χ0v) is 17.1.